The Hall–Kier alpha value is -1.63. The molecule has 4 nitrogen and oxygen atoms in total. The Morgan fingerprint density at radius 1 is 1.20 bits per heavy atom. The van der Waals surface area contributed by atoms with Gasteiger partial charge in [-0.05, 0) is 25.8 Å². The van der Waals surface area contributed by atoms with Gasteiger partial charge >= 0.3 is 0 Å². The van der Waals surface area contributed by atoms with Crippen LogP contribution in [0.2, 0.25) is 0 Å². The van der Waals surface area contributed by atoms with Crippen molar-refractivity contribution < 1.29 is 0 Å². The zero-order valence-corrected chi connectivity index (χ0v) is 9.83. The van der Waals surface area contributed by atoms with Crippen LogP contribution >= 0.6 is 0 Å². The summed E-state index contributed by atoms with van der Waals surface area (Å²) in [6, 6.07) is 2.10. The average molecular weight is 206 g/mol. The molecule has 4 heteroatoms. The molecule has 0 unspecified atom stereocenters. The maximum atomic E-state index is 8.45. The SMILES string of the molecule is CC.Cc1nc(N)nc(C)c1CCC#N. The first-order valence-corrected chi connectivity index (χ1v) is 5.11. The molecule has 0 atom stereocenters. The fourth-order valence-corrected chi connectivity index (χ4v) is 1.31. The molecule has 0 aliphatic rings. The molecule has 1 aromatic heterocycles. The Morgan fingerprint density at radius 2 is 1.67 bits per heavy atom. The van der Waals surface area contributed by atoms with E-state index in [1.54, 1.807) is 0 Å². The number of nitrogens with two attached hydrogens (primary N) is 1. The van der Waals surface area contributed by atoms with Gasteiger partial charge in [-0.15, -0.1) is 0 Å². The van der Waals surface area contributed by atoms with Gasteiger partial charge in [-0.1, -0.05) is 13.8 Å². The molecule has 0 fully saturated rings. The van der Waals surface area contributed by atoms with Gasteiger partial charge in [0.05, 0.1) is 6.07 Å². The molecule has 82 valence electrons. The lowest BCUT2D eigenvalue weighted by atomic mass is 10.1. The van der Waals surface area contributed by atoms with Gasteiger partial charge in [-0.2, -0.15) is 5.26 Å². The molecule has 0 aliphatic carbocycles. The predicted octanol–water partition coefficient (Wildman–Crippen LogP) is 2.16. The number of aromatic nitrogens is 2. The van der Waals surface area contributed by atoms with Crippen molar-refractivity contribution in [1.29, 1.82) is 5.26 Å². The van der Waals surface area contributed by atoms with Crippen molar-refractivity contribution in [3.05, 3.63) is 17.0 Å². The van der Waals surface area contributed by atoms with E-state index in [0.29, 0.717) is 18.8 Å². The highest BCUT2D eigenvalue weighted by Crippen LogP contribution is 2.12. The van der Waals surface area contributed by atoms with Crippen LogP contribution in [0.5, 0.6) is 0 Å². The van der Waals surface area contributed by atoms with Gasteiger partial charge < -0.3 is 5.73 Å². The average Bonchev–Trinajstić information content (AvgIpc) is 2.19. The minimum absolute atomic E-state index is 0.302. The molecule has 0 aromatic carbocycles. The Morgan fingerprint density at radius 3 is 2.07 bits per heavy atom. The molecule has 2 N–H and O–H groups in total. The van der Waals surface area contributed by atoms with E-state index < -0.39 is 0 Å². The van der Waals surface area contributed by atoms with Gasteiger partial charge in [0.2, 0.25) is 5.95 Å². The first-order valence-electron chi connectivity index (χ1n) is 5.11. The van der Waals surface area contributed by atoms with Crippen molar-refractivity contribution in [2.45, 2.75) is 40.5 Å². The van der Waals surface area contributed by atoms with E-state index in [1.807, 2.05) is 27.7 Å². The highest BCUT2D eigenvalue weighted by molar-refractivity contribution is 5.30. The molecule has 0 bridgehead atoms. The predicted molar refractivity (Wildman–Crippen MR) is 61.2 cm³/mol. The van der Waals surface area contributed by atoms with Crippen LogP contribution in [0.25, 0.3) is 0 Å². The summed E-state index contributed by atoms with van der Waals surface area (Å²) in [5.74, 6) is 0.302. The van der Waals surface area contributed by atoms with E-state index in [2.05, 4.69) is 16.0 Å². The molecule has 1 aromatic rings. The van der Waals surface area contributed by atoms with E-state index in [-0.39, 0.29) is 0 Å². The van der Waals surface area contributed by atoms with Gasteiger partial charge in [0.1, 0.15) is 0 Å². The monoisotopic (exact) mass is 206 g/mol. The number of nitrogens with zero attached hydrogens (tertiary/aromatic N) is 3. The normalized spacial score (nSPS) is 8.73. The summed E-state index contributed by atoms with van der Waals surface area (Å²) in [5, 5.41) is 8.45. The van der Waals surface area contributed by atoms with E-state index in [0.717, 1.165) is 17.0 Å². The molecule has 15 heavy (non-hydrogen) atoms. The zero-order valence-electron chi connectivity index (χ0n) is 9.83. The van der Waals surface area contributed by atoms with E-state index in [9.17, 15) is 0 Å². The van der Waals surface area contributed by atoms with E-state index in [1.165, 1.54) is 0 Å². The molecular formula is C11H18N4. The number of aryl methyl sites for hydroxylation is 2. The van der Waals surface area contributed by atoms with Gasteiger partial charge in [0.15, 0.2) is 0 Å². The molecule has 0 spiro atoms. The van der Waals surface area contributed by atoms with Crippen molar-refractivity contribution in [2.75, 3.05) is 5.73 Å². The van der Waals surface area contributed by atoms with Gasteiger partial charge in [0, 0.05) is 17.8 Å². The molecule has 1 rings (SSSR count). The second-order valence-corrected chi connectivity index (χ2v) is 2.89. The number of hydrogen-bond donors (Lipinski definition) is 1. The van der Waals surface area contributed by atoms with Crippen molar-refractivity contribution in [3.8, 4) is 6.07 Å². The number of hydrogen-bond acceptors (Lipinski definition) is 4. The molecule has 0 radical (unpaired) electrons. The number of rotatable bonds is 2. The lowest BCUT2D eigenvalue weighted by molar-refractivity contribution is 0.919. The summed E-state index contributed by atoms with van der Waals surface area (Å²) in [6.07, 6.45) is 1.20. The van der Waals surface area contributed by atoms with Crippen molar-refractivity contribution in [1.82, 2.24) is 9.97 Å². The second kappa shape index (κ2) is 6.77. The fourth-order valence-electron chi connectivity index (χ4n) is 1.31. The number of nitrogen functional groups attached to an aromatic ring is 1. The summed E-state index contributed by atoms with van der Waals surface area (Å²) in [5.41, 5.74) is 8.26. The Labute approximate surface area is 91.2 Å². The van der Waals surface area contributed by atoms with Gasteiger partial charge in [-0.25, -0.2) is 9.97 Å². The van der Waals surface area contributed by atoms with Crippen LogP contribution in [0.15, 0.2) is 0 Å². The topological polar surface area (TPSA) is 75.6 Å². The highest BCUT2D eigenvalue weighted by atomic mass is 15.0. The molecule has 0 saturated heterocycles. The summed E-state index contributed by atoms with van der Waals surface area (Å²) in [7, 11) is 0. The molecule has 0 amide bonds. The first kappa shape index (κ1) is 13.4. The second-order valence-electron chi connectivity index (χ2n) is 2.89. The van der Waals surface area contributed by atoms with E-state index >= 15 is 0 Å². The van der Waals surface area contributed by atoms with Crippen LogP contribution in [0, 0.1) is 25.2 Å². The summed E-state index contributed by atoms with van der Waals surface area (Å²) < 4.78 is 0. The number of nitriles is 1. The lowest BCUT2D eigenvalue weighted by Crippen LogP contribution is -2.04. The minimum atomic E-state index is 0.302. The van der Waals surface area contributed by atoms with Crippen LogP contribution in [0.1, 0.15) is 37.2 Å². The molecule has 0 saturated carbocycles. The van der Waals surface area contributed by atoms with Crippen molar-refractivity contribution >= 4 is 5.95 Å². The largest absolute Gasteiger partial charge is 0.368 e. The first-order chi connectivity index (χ1) is 7.15. The Kier molecular flexibility index (Phi) is 6.03. The van der Waals surface area contributed by atoms with Crippen molar-refractivity contribution in [3.63, 3.8) is 0 Å². The summed E-state index contributed by atoms with van der Waals surface area (Å²) in [4.78, 5) is 8.09. The van der Waals surface area contributed by atoms with Crippen LogP contribution in [-0.4, -0.2) is 9.97 Å². The standard InChI is InChI=1S/C9H12N4.C2H6/c1-6-8(4-3-5-10)7(2)13-9(11)12-6;1-2/h3-4H2,1-2H3,(H2,11,12,13);1-2H3. The third kappa shape index (κ3) is 3.94. The Bertz CT molecular complexity index is 329. The van der Waals surface area contributed by atoms with Crippen LogP contribution in [-0.2, 0) is 6.42 Å². The third-order valence-electron chi connectivity index (χ3n) is 1.92. The highest BCUT2D eigenvalue weighted by Gasteiger charge is 2.05. The quantitative estimate of drug-likeness (QED) is 0.804. The number of anilines is 1. The van der Waals surface area contributed by atoms with Crippen LogP contribution < -0.4 is 5.73 Å². The molecule has 1 heterocycles. The molecule has 0 aliphatic heterocycles. The smallest absolute Gasteiger partial charge is 0.220 e. The van der Waals surface area contributed by atoms with Crippen LogP contribution in [0.4, 0.5) is 5.95 Å². The van der Waals surface area contributed by atoms with Gasteiger partial charge in [-0.3, -0.25) is 0 Å². The Balaban J connectivity index is 0.000000921. The van der Waals surface area contributed by atoms with Crippen LogP contribution in [0.3, 0.4) is 0 Å². The minimum Gasteiger partial charge on any atom is -0.368 e. The molecular weight excluding hydrogens is 188 g/mol. The summed E-state index contributed by atoms with van der Waals surface area (Å²) >= 11 is 0. The third-order valence-corrected chi connectivity index (χ3v) is 1.92. The van der Waals surface area contributed by atoms with E-state index in [4.69, 9.17) is 11.0 Å². The lowest BCUT2D eigenvalue weighted by Gasteiger charge is -2.06. The maximum Gasteiger partial charge on any atom is 0.220 e. The van der Waals surface area contributed by atoms with Crippen molar-refractivity contribution in [2.24, 2.45) is 0 Å². The maximum absolute atomic E-state index is 8.45. The fraction of sp³-hybridized carbons (Fsp3) is 0.545. The van der Waals surface area contributed by atoms with Gasteiger partial charge in [0.25, 0.3) is 0 Å². The zero-order chi connectivity index (χ0) is 11.8. The summed E-state index contributed by atoms with van der Waals surface area (Å²) in [6.45, 7) is 7.77.